The fourth-order valence-electron chi connectivity index (χ4n) is 11.8. The minimum Gasteiger partial charge on any atom is -0.264 e. The molecule has 11 aromatic rings. The van der Waals surface area contributed by atoms with Gasteiger partial charge in [0.25, 0.3) is 0 Å². The van der Waals surface area contributed by atoms with E-state index in [0.29, 0.717) is 39.1 Å². The molecule has 6 aromatic heterocycles. The Bertz CT molecular complexity index is 4780. The van der Waals surface area contributed by atoms with Crippen molar-refractivity contribution < 1.29 is 26.3 Å². The van der Waals surface area contributed by atoms with Crippen LogP contribution in [-0.4, -0.2) is 29.9 Å². The molecule has 0 bridgehead atoms. The number of halogens is 6. The molecule has 610 valence electrons. The van der Waals surface area contributed by atoms with E-state index in [-0.39, 0.29) is 55.0 Å². The van der Waals surface area contributed by atoms with Gasteiger partial charge < -0.3 is 0 Å². The summed E-state index contributed by atoms with van der Waals surface area (Å²) in [7, 11) is 0. The van der Waals surface area contributed by atoms with Crippen LogP contribution < -0.4 is 0 Å². The third-order valence-electron chi connectivity index (χ3n) is 18.9. The Labute approximate surface area is 682 Å². The Morgan fingerprint density at radius 1 is 0.307 bits per heavy atom. The molecule has 0 saturated heterocycles. The van der Waals surface area contributed by atoms with Crippen molar-refractivity contribution in [1.82, 2.24) is 29.9 Å². The van der Waals surface area contributed by atoms with E-state index >= 15 is 0 Å². The van der Waals surface area contributed by atoms with Crippen LogP contribution in [0.2, 0.25) is 0 Å². The maximum absolute atomic E-state index is 14.7. The van der Waals surface area contributed by atoms with E-state index in [1.165, 1.54) is 58.6 Å². The summed E-state index contributed by atoms with van der Waals surface area (Å²) < 4.78 is 81.6. The molecule has 1 fully saturated rings. The Hall–Kier alpha value is -9.42. The average Bonchev–Trinajstić information content (AvgIpc) is 0.832. The predicted octanol–water partition coefficient (Wildman–Crippen LogP) is 29.1. The number of aryl methyl sites for hydroxylation is 7. The summed E-state index contributed by atoms with van der Waals surface area (Å²) in [5, 5.41) is 0. The van der Waals surface area contributed by atoms with Crippen LogP contribution in [-0.2, 0) is 43.3 Å². The van der Waals surface area contributed by atoms with Crippen LogP contribution in [0.25, 0.3) is 33.5 Å². The van der Waals surface area contributed by atoms with Crippen molar-refractivity contribution >= 4 is 0 Å². The van der Waals surface area contributed by atoms with Crippen molar-refractivity contribution in [2.24, 2.45) is 0 Å². The number of pyridine rings is 6. The molecule has 6 nitrogen and oxygen atoms in total. The molecule has 5 aromatic carbocycles. The van der Waals surface area contributed by atoms with E-state index in [9.17, 15) is 26.3 Å². The first kappa shape index (κ1) is 95.2. The summed E-state index contributed by atoms with van der Waals surface area (Å²) in [5.74, 6) is -2.76. The highest BCUT2D eigenvalue weighted by Gasteiger charge is 2.28. The van der Waals surface area contributed by atoms with E-state index in [0.717, 1.165) is 75.1 Å². The molecular formula is C102H130F6N6. The molecule has 0 amide bonds. The lowest BCUT2D eigenvalue weighted by molar-refractivity contribution is 0.501. The van der Waals surface area contributed by atoms with E-state index in [2.05, 4.69) is 249 Å². The number of rotatable bonds is 4. The minimum absolute atomic E-state index is 0.000418. The van der Waals surface area contributed by atoms with Crippen LogP contribution in [0.5, 0.6) is 0 Å². The largest absolute Gasteiger partial charge is 0.264 e. The van der Waals surface area contributed by atoms with Gasteiger partial charge in [0.1, 0.15) is 23.3 Å². The number of hydrogen-bond acceptors (Lipinski definition) is 6. The normalized spacial score (nSPS) is 12.3. The van der Waals surface area contributed by atoms with Gasteiger partial charge in [-0.2, -0.15) is 0 Å². The van der Waals surface area contributed by atoms with Gasteiger partial charge in [0.15, 0.2) is 11.6 Å². The summed E-state index contributed by atoms with van der Waals surface area (Å²) in [6, 6.07) is 56.0. The topological polar surface area (TPSA) is 77.3 Å². The van der Waals surface area contributed by atoms with E-state index < -0.39 is 23.3 Å². The fraction of sp³-hybridized carbons (Fsp3) is 0.412. The van der Waals surface area contributed by atoms with Crippen LogP contribution in [0, 0.1) is 83.4 Å². The molecule has 1 aliphatic carbocycles. The summed E-state index contributed by atoms with van der Waals surface area (Å²) >= 11 is 0. The molecule has 12 rings (SSSR count). The zero-order valence-corrected chi connectivity index (χ0v) is 74.4. The first-order valence-corrected chi connectivity index (χ1v) is 39.7. The zero-order chi connectivity index (χ0) is 86.0. The Balaban J connectivity index is 0.000000235. The quantitative estimate of drug-likeness (QED) is 0.163. The van der Waals surface area contributed by atoms with Crippen molar-refractivity contribution in [3.05, 3.63) is 319 Å². The second-order valence-corrected chi connectivity index (χ2v) is 38.2. The lowest BCUT2D eigenvalue weighted by Gasteiger charge is -2.21. The smallest absolute Gasteiger partial charge is 0.159 e. The first-order valence-electron chi connectivity index (χ1n) is 39.7. The molecule has 12 heteroatoms. The van der Waals surface area contributed by atoms with Gasteiger partial charge in [-0.15, -0.1) is 0 Å². The van der Waals surface area contributed by atoms with Gasteiger partial charge in [-0.3, -0.25) is 29.9 Å². The lowest BCUT2D eigenvalue weighted by atomic mass is 9.84. The van der Waals surface area contributed by atoms with E-state index in [1.54, 1.807) is 38.1 Å². The molecule has 0 unspecified atom stereocenters. The molecule has 0 atom stereocenters. The van der Waals surface area contributed by atoms with Gasteiger partial charge >= 0.3 is 0 Å². The SMILES string of the molecule is CC(C)(C)c1cccc(C2CC2)n1.Cc1cc(F)c(F)cc1-c1cccc(C(C)(C)C)c1F.Cc1cc(F)cc(F)c1-c1cccc(C(C)(C)C)c1.Cc1ccc(F)c(C(C)(C)C)n1.Cc1cccc(C(C)(C)C)n1.Cc1cccc(C(C)(C)C)n1.Cc1ccccc1-c1cccc(C(C)(C)C)n1.Cc1cncc(C(C)(C)C)c1. The average molecular weight is 1550 g/mol. The molecule has 0 aliphatic heterocycles. The molecular weight excluding hydrogens is 1420 g/mol. The minimum atomic E-state index is -0.967. The van der Waals surface area contributed by atoms with Crippen molar-refractivity contribution in [2.45, 2.75) is 277 Å². The molecule has 0 N–H and O–H groups in total. The molecule has 1 aliphatic rings. The van der Waals surface area contributed by atoms with Crippen LogP contribution in [0.1, 0.15) is 275 Å². The highest BCUT2D eigenvalue weighted by atomic mass is 19.2. The number of nitrogens with zero attached hydrogens (tertiary/aromatic N) is 6. The summed E-state index contributed by atoms with van der Waals surface area (Å²) in [5.41, 5.74) is 20.7. The van der Waals surface area contributed by atoms with Gasteiger partial charge in [-0.1, -0.05) is 263 Å². The van der Waals surface area contributed by atoms with Gasteiger partial charge in [0.05, 0.1) is 11.4 Å². The Morgan fingerprint density at radius 2 is 0.781 bits per heavy atom. The van der Waals surface area contributed by atoms with Crippen LogP contribution in [0.3, 0.4) is 0 Å². The number of benzene rings is 5. The molecule has 1 saturated carbocycles. The monoisotopic (exact) mass is 1550 g/mol. The zero-order valence-electron chi connectivity index (χ0n) is 74.4. The summed E-state index contributed by atoms with van der Waals surface area (Å²) in [6.07, 6.45) is 6.49. The molecule has 0 spiro atoms. The standard InChI is InChI=1S/C17H17F3.C17H18F2.C16H19N.C12H17N.C10H14FN.3C10H15N/c1-10-8-14(18)15(19)9-12(10)11-6-5-7-13(16(11)20)17(2,3)4;1-11-8-14(18)10-15(19)16(11)12-6-5-7-13(9-12)17(2,3)4;1-12-8-5-6-9-13(12)14-10-7-11-15(17-14)16(2,3)4;1-12(2,3)11-6-4-5-10(13-11)9-7-8-9;1-7-5-6-8(11)9(12-7)10(2,3)4;1-8-5-9(7-11-6-8)10(2,3)4;2*1-8-6-5-7-9(11-8)10(2,3)4/h5-9H,1-4H3;5-10H,1-4H3;5-11H,1-4H3;4-6,9H,7-8H2,1-3H3;5-6H,1-4H3;3*5-7H,1-4H3. The Kier molecular flexibility index (Phi) is 33.2. The van der Waals surface area contributed by atoms with Gasteiger partial charge in [0, 0.05) is 114 Å². The van der Waals surface area contributed by atoms with Gasteiger partial charge in [0.2, 0.25) is 0 Å². The van der Waals surface area contributed by atoms with Crippen molar-refractivity contribution in [3.63, 3.8) is 0 Å². The molecule has 0 radical (unpaired) electrons. The van der Waals surface area contributed by atoms with E-state index in [4.69, 9.17) is 9.97 Å². The lowest BCUT2D eigenvalue weighted by Crippen LogP contribution is -2.16. The second-order valence-electron chi connectivity index (χ2n) is 38.2. The van der Waals surface area contributed by atoms with Gasteiger partial charge in [-0.25, -0.2) is 26.3 Å². The molecule has 114 heavy (non-hydrogen) atoms. The van der Waals surface area contributed by atoms with Crippen molar-refractivity contribution in [3.8, 4) is 33.5 Å². The second kappa shape index (κ2) is 39.8. The Morgan fingerprint density at radius 3 is 1.24 bits per heavy atom. The van der Waals surface area contributed by atoms with Crippen LogP contribution in [0.15, 0.2) is 194 Å². The third kappa shape index (κ3) is 30.1. The first-order chi connectivity index (χ1) is 52.5. The van der Waals surface area contributed by atoms with Crippen LogP contribution in [0.4, 0.5) is 26.3 Å². The predicted molar refractivity (Wildman–Crippen MR) is 469 cm³/mol. The number of aromatic nitrogens is 6. The maximum atomic E-state index is 14.7. The summed E-state index contributed by atoms with van der Waals surface area (Å²) in [4.78, 5) is 26.7. The van der Waals surface area contributed by atoms with Crippen molar-refractivity contribution in [2.75, 3.05) is 0 Å². The molecule has 6 heterocycles. The number of hydrogen-bond donors (Lipinski definition) is 0. The van der Waals surface area contributed by atoms with Crippen molar-refractivity contribution in [1.29, 1.82) is 0 Å². The maximum Gasteiger partial charge on any atom is 0.159 e. The van der Waals surface area contributed by atoms with Gasteiger partial charge in [-0.05, 0) is 206 Å². The highest BCUT2D eigenvalue weighted by Crippen LogP contribution is 2.40. The van der Waals surface area contributed by atoms with E-state index in [1.807, 2.05) is 111 Å². The fourth-order valence-corrected chi connectivity index (χ4v) is 11.8. The third-order valence-corrected chi connectivity index (χ3v) is 18.9. The van der Waals surface area contributed by atoms with Crippen LogP contribution >= 0.6 is 0 Å². The summed E-state index contributed by atoms with van der Waals surface area (Å²) in [6.45, 7) is 64.3. The highest BCUT2D eigenvalue weighted by molar-refractivity contribution is 5.70.